The third kappa shape index (κ3) is 4.92. The van der Waals surface area contributed by atoms with Gasteiger partial charge in [-0.2, -0.15) is 5.10 Å². The van der Waals surface area contributed by atoms with Gasteiger partial charge >= 0.3 is 6.03 Å². The van der Waals surface area contributed by atoms with Crippen molar-refractivity contribution in [1.82, 2.24) is 25.4 Å². The lowest BCUT2D eigenvalue weighted by Gasteiger charge is -2.10. The molecule has 2 aromatic heterocycles. The molecule has 0 spiro atoms. The number of carbonyl (C=O) groups excluding carboxylic acids is 1. The molecule has 0 radical (unpaired) electrons. The van der Waals surface area contributed by atoms with Gasteiger partial charge in [0.15, 0.2) is 0 Å². The third-order valence-corrected chi connectivity index (χ3v) is 4.08. The minimum atomic E-state index is -0.168. The van der Waals surface area contributed by atoms with E-state index < -0.39 is 0 Å². The van der Waals surface area contributed by atoms with Crippen molar-refractivity contribution in [3.8, 4) is 11.3 Å². The fourth-order valence-corrected chi connectivity index (χ4v) is 2.76. The summed E-state index contributed by atoms with van der Waals surface area (Å²) in [5, 5.41) is 9.98. The molecule has 0 fully saturated rings. The molecule has 134 valence electrons. The Labute approximate surface area is 153 Å². The van der Waals surface area contributed by atoms with Crippen LogP contribution in [0.5, 0.6) is 0 Å². The van der Waals surface area contributed by atoms with E-state index in [1.54, 1.807) is 17.1 Å². The van der Waals surface area contributed by atoms with Gasteiger partial charge in [-0.3, -0.25) is 9.67 Å². The van der Waals surface area contributed by atoms with Crippen LogP contribution in [0.2, 0.25) is 0 Å². The van der Waals surface area contributed by atoms with Crippen LogP contribution in [0.25, 0.3) is 11.3 Å². The second kappa shape index (κ2) is 8.80. The van der Waals surface area contributed by atoms with Crippen molar-refractivity contribution in [3.63, 3.8) is 0 Å². The number of hydrogen-bond acceptors (Lipinski definition) is 3. The lowest BCUT2D eigenvalue weighted by molar-refractivity contribution is 0.240. The summed E-state index contributed by atoms with van der Waals surface area (Å²) in [6.07, 6.45) is 7.29. The van der Waals surface area contributed by atoms with Crippen LogP contribution in [0, 0.1) is 0 Å². The molecule has 3 aromatic rings. The first-order valence-corrected chi connectivity index (χ1v) is 8.71. The Balaban J connectivity index is 1.46. The molecule has 0 aliphatic rings. The predicted octanol–water partition coefficient (Wildman–Crippen LogP) is 2.91. The number of pyridine rings is 1. The van der Waals surface area contributed by atoms with Crippen molar-refractivity contribution in [1.29, 1.82) is 0 Å². The third-order valence-electron chi connectivity index (χ3n) is 4.08. The van der Waals surface area contributed by atoms with Crippen molar-refractivity contribution in [2.24, 2.45) is 7.05 Å². The van der Waals surface area contributed by atoms with Gasteiger partial charge in [0.2, 0.25) is 0 Å². The largest absolute Gasteiger partial charge is 0.338 e. The minimum absolute atomic E-state index is 0.168. The van der Waals surface area contributed by atoms with Crippen LogP contribution in [0.4, 0.5) is 4.79 Å². The van der Waals surface area contributed by atoms with Gasteiger partial charge in [-0.1, -0.05) is 36.4 Å². The maximum absolute atomic E-state index is 12.0. The van der Waals surface area contributed by atoms with E-state index in [1.807, 2.05) is 43.6 Å². The summed E-state index contributed by atoms with van der Waals surface area (Å²) in [5.41, 5.74) is 4.02. The number of nitrogens with zero attached hydrogens (tertiary/aromatic N) is 3. The van der Waals surface area contributed by atoms with E-state index in [-0.39, 0.29) is 6.03 Å². The van der Waals surface area contributed by atoms with Crippen molar-refractivity contribution >= 4 is 6.03 Å². The second-order valence-electron chi connectivity index (χ2n) is 6.11. The van der Waals surface area contributed by atoms with Gasteiger partial charge in [0.25, 0.3) is 0 Å². The average molecular weight is 349 g/mol. The molecule has 0 aliphatic heterocycles. The molecule has 6 heteroatoms. The van der Waals surface area contributed by atoms with E-state index in [0.717, 1.165) is 29.7 Å². The predicted molar refractivity (Wildman–Crippen MR) is 101 cm³/mol. The first kappa shape index (κ1) is 17.7. The number of aryl methyl sites for hydroxylation is 2. The van der Waals surface area contributed by atoms with Crippen LogP contribution >= 0.6 is 0 Å². The summed E-state index contributed by atoms with van der Waals surface area (Å²) < 4.78 is 1.74. The highest BCUT2D eigenvalue weighted by atomic mass is 16.2. The fourth-order valence-electron chi connectivity index (χ4n) is 2.76. The van der Waals surface area contributed by atoms with Crippen LogP contribution < -0.4 is 10.6 Å². The van der Waals surface area contributed by atoms with Gasteiger partial charge in [-0.15, -0.1) is 0 Å². The van der Waals surface area contributed by atoms with E-state index in [4.69, 9.17) is 0 Å². The zero-order chi connectivity index (χ0) is 18.2. The fraction of sp³-hybridized carbons (Fsp3) is 0.250. The van der Waals surface area contributed by atoms with E-state index in [0.29, 0.717) is 13.1 Å². The molecule has 0 atom stereocenters. The molecule has 2 amide bonds. The molecule has 26 heavy (non-hydrogen) atoms. The molecule has 6 nitrogen and oxygen atoms in total. The molecular weight excluding hydrogens is 326 g/mol. The van der Waals surface area contributed by atoms with Gasteiger partial charge in [0.1, 0.15) is 0 Å². The second-order valence-corrected chi connectivity index (χ2v) is 6.11. The average Bonchev–Trinajstić information content (AvgIpc) is 3.11. The van der Waals surface area contributed by atoms with Gasteiger partial charge in [0.05, 0.1) is 11.9 Å². The number of benzene rings is 1. The molecule has 0 unspecified atom stereocenters. The number of amides is 2. The highest BCUT2D eigenvalue weighted by molar-refractivity contribution is 5.74. The molecule has 0 aliphatic carbocycles. The Morgan fingerprint density at radius 2 is 1.96 bits per heavy atom. The van der Waals surface area contributed by atoms with Crippen LogP contribution in [0.1, 0.15) is 17.5 Å². The Hall–Kier alpha value is -3.15. The summed E-state index contributed by atoms with van der Waals surface area (Å²) in [5.74, 6) is 0. The van der Waals surface area contributed by atoms with E-state index >= 15 is 0 Å². The topological polar surface area (TPSA) is 71.8 Å². The van der Waals surface area contributed by atoms with Gasteiger partial charge in [-0.05, 0) is 30.0 Å². The lowest BCUT2D eigenvalue weighted by atomic mass is 10.1. The zero-order valence-corrected chi connectivity index (χ0v) is 14.9. The van der Waals surface area contributed by atoms with Crippen molar-refractivity contribution in [3.05, 3.63) is 72.2 Å². The Kier molecular flexibility index (Phi) is 5.98. The van der Waals surface area contributed by atoms with Crippen molar-refractivity contribution in [2.45, 2.75) is 19.4 Å². The Bertz CT molecular complexity index is 844. The van der Waals surface area contributed by atoms with Gasteiger partial charge in [-0.25, -0.2) is 4.79 Å². The maximum Gasteiger partial charge on any atom is 0.315 e. The molecule has 0 bridgehead atoms. The van der Waals surface area contributed by atoms with Gasteiger partial charge < -0.3 is 10.6 Å². The number of aromatic nitrogens is 3. The summed E-state index contributed by atoms with van der Waals surface area (Å²) in [4.78, 5) is 16.4. The lowest BCUT2D eigenvalue weighted by Crippen LogP contribution is -2.35. The summed E-state index contributed by atoms with van der Waals surface area (Å²) >= 11 is 0. The monoisotopic (exact) mass is 349 g/mol. The van der Waals surface area contributed by atoms with E-state index in [1.165, 1.54) is 5.56 Å². The number of nitrogens with one attached hydrogen (secondary N) is 2. The van der Waals surface area contributed by atoms with Crippen LogP contribution in [-0.2, 0) is 20.0 Å². The molecule has 3 rings (SSSR count). The van der Waals surface area contributed by atoms with Crippen molar-refractivity contribution in [2.75, 3.05) is 6.54 Å². The minimum Gasteiger partial charge on any atom is -0.338 e. The normalized spacial score (nSPS) is 10.5. The summed E-state index contributed by atoms with van der Waals surface area (Å²) in [7, 11) is 1.87. The standard InChI is InChI=1S/C20H23N5O/c1-25-15-18(14-24-25)19-17(10-6-11-21-19)13-23-20(26)22-12-5-9-16-7-3-2-4-8-16/h2-4,6-8,10-11,14-15H,5,9,12-13H2,1H3,(H2,22,23,26). The van der Waals surface area contributed by atoms with Crippen molar-refractivity contribution < 1.29 is 4.79 Å². The van der Waals surface area contributed by atoms with E-state index in [9.17, 15) is 4.79 Å². The van der Waals surface area contributed by atoms with E-state index in [2.05, 4.69) is 32.8 Å². The maximum atomic E-state index is 12.0. The van der Waals surface area contributed by atoms with Gasteiger partial charge in [0, 0.05) is 38.1 Å². The SMILES string of the molecule is Cn1cc(-c2ncccc2CNC(=O)NCCCc2ccccc2)cn1. The number of urea groups is 1. The van der Waals surface area contributed by atoms with Crippen LogP contribution in [-0.4, -0.2) is 27.3 Å². The molecule has 0 saturated carbocycles. The smallest absolute Gasteiger partial charge is 0.315 e. The number of rotatable bonds is 7. The molecular formula is C20H23N5O. The number of hydrogen-bond donors (Lipinski definition) is 2. The Morgan fingerprint density at radius 1 is 1.12 bits per heavy atom. The quantitative estimate of drug-likeness (QED) is 0.644. The van der Waals surface area contributed by atoms with Crippen LogP contribution in [0.3, 0.4) is 0 Å². The first-order valence-electron chi connectivity index (χ1n) is 8.71. The van der Waals surface area contributed by atoms with Crippen LogP contribution in [0.15, 0.2) is 61.1 Å². The number of carbonyl (C=O) groups is 1. The highest BCUT2D eigenvalue weighted by Crippen LogP contribution is 2.20. The Morgan fingerprint density at radius 3 is 2.73 bits per heavy atom. The molecule has 1 aromatic carbocycles. The highest BCUT2D eigenvalue weighted by Gasteiger charge is 2.09. The molecule has 0 saturated heterocycles. The molecule has 2 heterocycles. The summed E-state index contributed by atoms with van der Waals surface area (Å²) in [6.45, 7) is 1.06. The molecule has 2 N–H and O–H groups in total. The zero-order valence-electron chi connectivity index (χ0n) is 14.9. The first-order chi connectivity index (χ1) is 12.7. The summed E-state index contributed by atoms with van der Waals surface area (Å²) in [6, 6.07) is 13.9.